The Morgan fingerprint density at radius 2 is 2.12 bits per heavy atom. The summed E-state index contributed by atoms with van der Waals surface area (Å²) in [5.41, 5.74) is 0.464. The van der Waals surface area contributed by atoms with Gasteiger partial charge in [0.05, 0.1) is 19.1 Å². The van der Waals surface area contributed by atoms with Gasteiger partial charge in [-0.15, -0.1) is 0 Å². The van der Waals surface area contributed by atoms with Crippen LogP contribution >= 0.6 is 0 Å². The Morgan fingerprint density at radius 3 is 2.75 bits per heavy atom. The molecular weight excluding hydrogens is 312 g/mol. The van der Waals surface area contributed by atoms with Crippen molar-refractivity contribution in [1.29, 1.82) is 0 Å². The minimum absolute atomic E-state index is 0.0973. The Balaban J connectivity index is 1.54. The smallest absolute Gasteiger partial charge is 0.269 e. The molecule has 0 aliphatic carbocycles. The maximum absolute atomic E-state index is 12.0. The van der Waals surface area contributed by atoms with E-state index < -0.39 is 0 Å². The molecule has 3 heterocycles. The van der Waals surface area contributed by atoms with Crippen LogP contribution in [0.25, 0.3) is 0 Å². The fourth-order valence-corrected chi connectivity index (χ4v) is 2.78. The van der Waals surface area contributed by atoms with Gasteiger partial charge in [0.2, 0.25) is 11.8 Å². The fourth-order valence-electron chi connectivity index (χ4n) is 2.78. The van der Waals surface area contributed by atoms with Crippen molar-refractivity contribution in [2.45, 2.75) is 32.2 Å². The van der Waals surface area contributed by atoms with Gasteiger partial charge in [-0.05, 0) is 12.8 Å². The van der Waals surface area contributed by atoms with Gasteiger partial charge in [0.15, 0.2) is 5.82 Å². The zero-order chi connectivity index (χ0) is 17.1. The quantitative estimate of drug-likeness (QED) is 0.872. The van der Waals surface area contributed by atoms with E-state index >= 15 is 0 Å². The lowest BCUT2D eigenvalue weighted by Gasteiger charge is -2.29. The number of rotatable bonds is 4. The molecule has 9 nitrogen and oxygen atoms in total. The number of hydrogen-bond donors (Lipinski definition) is 1. The number of carbonyl (C=O) groups is 2. The molecule has 0 bridgehead atoms. The van der Waals surface area contributed by atoms with Crippen LogP contribution in [0.2, 0.25) is 0 Å². The number of nitrogens with one attached hydrogen (secondary N) is 1. The molecule has 128 valence electrons. The molecule has 2 aromatic heterocycles. The molecule has 0 aromatic carbocycles. The molecule has 24 heavy (non-hydrogen) atoms. The summed E-state index contributed by atoms with van der Waals surface area (Å²) in [6, 6.07) is 0. The first-order valence-electron chi connectivity index (χ1n) is 7.87. The second-order valence-electron chi connectivity index (χ2n) is 5.90. The molecule has 9 heteroatoms. The highest BCUT2D eigenvalue weighted by Gasteiger charge is 2.25. The van der Waals surface area contributed by atoms with Crippen LogP contribution < -0.4 is 5.32 Å². The van der Waals surface area contributed by atoms with Gasteiger partial charge in [-0.3, -0.25) is 9.59 Å². The third-order valence-corrected chi connectivity index (χ3v) is 4.24. The molecule has 1 aliphatic heterocycles. The zero-order valence-corrected chi connectivity index (χ0v) is 13.7. The van der Waals surface area contributed by atoms with Gasteiger partial charge in [-0.25, -0.2) is 4.98 Å². The Labute approximate surface area is 139 Å². The van der Waals surface area contributed by atoms with Gasteiger partial charge in [0, 0.05) is 33.0 Å². The highest BCUT2D eigenvalue weighted by atomic mass is 16.5. The predicted octanol–water partition coefficient (Wildman–Crippen LogP) is 0.459. The lowest BCUT2D eigenvalue weighted by Crippen LogP contribution is -2.36. The average molecular weight is 332 g/mol. The van der Waals surface area contributed by atoms with Crippen molar-refractivity contribution in [1.82, 2.24) is 29.9 Å². The third kappa shape index (κ3) is 3.44. The molecule has 2 aromatic rings. The number of carbonyl (C=O) groups excluding carboxylic acids is 2. The first kappa shape index (κ1) is 16.2. The topological polar surface area (TPSA) is 106 Å². The highest BCUT2D eigenvalue weighted by Crippen LogP contribution is 2.25. The molecule has 1 aliphatic rings. The van der Waals surface area contributed by atoms with Crippen molar-refractivity contribution in [2.24, 2.45) is 7.05 Å². The van der Waals surface area contributed by atoms with Gasteiger partial charge in [0.1, 0.15) is 5.69 Å². The summed E-state index contributed by atoms with van der Waals surface area (Å²) in [5, 5.41) is 6.74. The van der Waals surface area contributed by atoms with Crippen LogP contribution in [0.15, 0.2) is 17.0 Å². The second-order valence-corrected chi connectivity index (χ2v) is 5.90. The third-order valence-electron chi connectivity index (χ3n) is 4.24. The van der Waals surface area contributed by atoms with Gasteiger partial charge >= 0.3 is 0 Å². The zero-order valence-electron chi connectivity index (χ0n) is 13.7. The van der Waals surface area contributed by atoms with E-state index in [0.717, 1.165) is 12.8 Å². The SMILES string of the molecule is CC(=O)N1CCC(c2noc(CNC(=O)c3cncn3C)n2)CC1. The molecule has 0 atom stereocenters. The Morgan fingerprint density at radius 1 is 1.38 bits per heavy atom. The van der Waals surface area contributed by atoms with Crippen molar-refractivity contribution in [3.63, 3.8) is 0 Å². The van der Waals surface area contributed by atoms with Crippen molar-refractivity contribution >= 4 is 11.8 Å². The van der Waals surface area contributed by atoms with Crippen LogP contribution in [0.5, 0.6) is 0 Å². The largest absolute Gasteiger partial charge is 0.343 e. The first-order chi connectivity index (χ1) is 11.5. The minimum atomic E-state index is -0.246. The second kappa shape index (κ2) is 6.81. The van der Waals surface area contributed by atoms with E-state index in [4.69, 9.17) is 4.52 Å². The van der Waals surface area contributed by atoms with Gasteiger partial charge in [0.25, 0.3) is 5.91 Å². The first-order valence-corrected chi connectivity index (χ1v) is 7.87. The molecule has 1 fully saturated rings. The van der Waals surface area contributed by atoms with Crippen molar-refractivity contribution in [3.05, 3.63) is 29.9 Å². The lowest BCUT2D eigenvalue weighted by atomic mass is 9.96. The van der Waals surface area contributed by atoms with E-state index in [-0.39, 0.29) is 24.3 Å². The maximum atomic E-state index is 12.0. The number of nitrogens with zero attached hydrogens (tertiary/aromatic N) is 5. The molecule has 0 saturated carbocycles. The van der Waals surface area contributed by atoms with Gasteiger partial charge < -0.3 is 19.3 Å². The van der Waals surface area contributed by atoms with Crippen molar-refractivity contribution in [2.75, 3.05) is 13.1 Å². The highest BCUT2D eigenvalue weighted by molar-refractivity contribution is 5.92. The van der Waals surface area contributed by atoms with E-state index in [9.17, 15) is 9.59 Å². The molecule has 1 N–H and O–H groups in total. The van der Waals surface area contributed by atoms with Crippen molar-refractivity contribution in [3.8, 4) is 0 Å². The van der Waals surface area contributed by atoms with Crippen LogP contribution in [-0.4, -0.2) is 49.5 Å². The van der Waals surface area contributed by atoms with E-state index in [2.05, 4.69) is 20.4 Å². The molecule has 3 rings (SSSR count). The van der Waals surface area contributed by atoms with Gasteiger partial charge in [-0.1, -0.05) is 5.16 Å². The van der Waals surface area contributed by atoms with Crippen LogP contribution in [0.3, 0.4) is 0 Å². The predicted molar refractivity (Wildman–Crippen MR) is 82.9 cm³/mol. The van der Waals surface area contributed by atoms with Crippen LogP contribution in [-0.2, 0) is 18.4 Å². The summed E-state index contributed by atoms with van der Waals surface area (Å²) in [4.78, 5) is 33.4. The summed E-state index contributed by atoms with van der Waals surface area (Å²) in [6.07, 6.45) is 4.70. The number of aryl methyl sites for hydroxylation is 1. The van der Waals surface area contributed by atoms with Gasteiger partial charge in [-0.2, -0.15) is 4.98 Å². The number of hydrogen-bond acceptors (Lipinski definition) is 6. The van der Waals surface area contributed by atoms with Crippen molar-refractivity contribution < 1.29 is 14.1 Å². The van der Waals surface area contributed by atoms with E-state index in [1.807, 2.05) is 4.90 Å². The number of imidazole rings is 1. The summed E-state index contributed by atoms with van der Waals surface area (Å²) in [7, 11) is 1.75. The minimum Gasteiger partial charge on any atom is -0.343 e. The number of piperidine rings is 1. The standard InChI is InChI=1S/C15H20N6O3/c1-10(22)21-5-3-11(4-6-21)14-18-13(24-19-14)8-17-15(23)12-7-16-9-20(12)2/h7,9,11H,3-6,8H2,1-2H3,(H,17,23). The molecular formula is C15H20N6O3. The molecule has 0 unspecified atom stereocenters. The monoisotopic (exact) mass is 332 g/mol. The molecule has 0 spiro atoms. The molecule has 2 amide bonds. The Kier molecular flexibility index (Phi) is 4.59. The normalized spacial score (nSPS) is 15.5. The summed E-state index contributed by atoms with van der Waals surface area (Å²) in [6.45, 7) is 3.17. The number of amides is 2. The summed E-state index contributed by atoms with van der Waals surface area (Å²) in [5.74, 6) is 1.05. The summed E-state index contributed by atoms with van der Waals surface area (Å²) < 4.78 is 6.85. The Hall–Kier alpha value is -2.71. The van der Waals surface area contributed by atoms with Crippen LogP contribution in [0, 0.1) is 0 Å². The lowest BCUT2D eigenvalue weighted by molar-refractivity contribution is -0.129. The summed E-state index contributed by atoms with van der Waals surface area (Å²) >= 11 is 0. The molecule has 0 radical (unpaired) electrons. The van der Waals surface area contributed by atoms with E-state index in [1.54, 1.807) is 24.9 Å². The Bertz CT molecular complexity index is 729. The fraction of sp³-hybridized carbons (Fsp3) is 0.533. The van der Waals surface area contributed by atoms with Crippen LogP contribution in [0.4, 0.5) is 0 Å². The number of aromatic nitrogens is 4. The van der Waals surface area contributed by atoms with E-state index in [0.29, 0.717) is 30.5 Å². The number of likely N-dealkylation sites (tertiary alicyclic amines) is 1. The molecule has 1 saturated heterocycles. The maximum Gasteiger partial charge on any atom is 0.269 e. The average Bonchev–Trinajstić information content (AvgIpc) is 3.21. The van der Waals surface area contributed by atoms with E-state index in [1.165, 1.54) is 6.20 Å². The van der Waals surface area contributed by atoms with Crippen LogP contribution in [0.1, 0.15) is 47.9 Å².